The van der Waals surface area contributed by atoms with E-state index >= 15 is 0 Å². The Morgan fingerprint density at radius 2 is 2.08 bits per heavy atom. The highest BCUT2D eigenvalue weighted by Gasteiger charge is 2.32. The molecule has 0 spiro atoms. The number of carbonyl (C=O) groups is 2. The number of nitrogens with one attached hydrogen (secondary N) is 1. The predicted octanol–water partition coefficient (Wildman–Crippen LogP) is 3.19. The Kier molecular flexibility index (Phi) is 5.04. The van der Waals surface area contributed by atoms with Crippen LogP contribution in [0.25, 0.3) is 10.2 Å². The lowest BCUT2D eigenvalue weighted by Gasteiger charge is -2.39. The van der Waals surface area contributed by atoms with Crippen molar-refractivity contribution in [2.24, 2.45) is 0 Å². The summed E-state index contributed by atoms with van der Waals surface area (Å²) in [5.74, 6) is -0.332. The molecular formula is C18H23N3O4S. The van der Waals surface area contributed by atoms with Crippen LogP contribution in [0.1, 0.15) is 38.1 Å². The molecule has 1 fully saturated rings. The van der Waals surface area contributed by atoms with Crippen molar-refractivity contribution in [2.75, 3.05) is 24.6 Å². The summed E-state index contributed by atoms with van der Waals surface area (Å²) >= 11 is 1.46. The third-order valence-corrected chi connectivity index (χ3v) is 4.94. The largest absolute Gasteiger partial charge is 0.462 e. The van der Waals surface area contributed by atoms with Crippen LogP contribution in [0.15, 0.2) is 18.2 Å². The van der Waals surface area contributed by atoms with Gasteiger partial charge in [0.25, 0.3) is 0 Å². The summed E-state index contributed by atoms with van der Waals surface area (Å²) in [4.78, 5) is 30.6. The molecule has 140 valence electrons. The Balaban J connectivity index is 1.65. The Labute approximate surface area is 156 Å². The molecule has 0 atom stereocenters. The third kappa shape index (κ3) is 4.07. The summed E-state index contributed by atoms with van der Waals surface area (Å²) in [6, 6.07) is 5.47. The summed E-state index contributed by atoms with van der Waals surface area (Å²) in [6.07, 6.45) is -0.406. The Hall–Kier alpha value is -2.35. The molecule has 1 N–H and O–H groups in total. The summed E-state index contributed by atoms with van der Waals surface area (Å²) in [5, 5.41) is 3.69. The molecule has 1 saturated heterocycles. The lowest BCUT2D eigenvalue weighted by Crippen LogP contribution is -2.60. The number of esters is 1. The maximum Gasteiger partial charge on any atom is 0.407 e. The second-order valence-electron chi connectivity index (χ2n) is 7.12. The van der Waals surface area contributed by atoms with E-state index in [1.165, 1.54) is 11.3 Å². The van der Waals surface area contributed by atoms with Crippen molar-refractivity contribution in [2.45, 2.75) is 39.3 Å². The van der Waals surface area contributed by atoms with E-state index in [0.717, 1.165) is 15.3 Å². The molecule has 2 heterocycles. The first-order chi connectivity index (χ1) is 12.3. The zero-order valence-electron chi connectivity index (χ0n) is 15.4. The number of hydrogen-bond acceptors (Lipinski definition) is 7. The van der Waals surface area contributed by atoms with Crippen molar-refractivity contribution >= 4 is 38.7 Å². The van der Waals surface area contributed by atoms with Crippen molar-refractivity contribution in [3.63, 3.8) is 0 Å². The van der Waals surface area contributed by atoms with Crippen molar-refractivity contribution < 1.29 is 19.1 Å². The topological polar surface area (TPSA) is 80.8 Å². The number of thiazole rings is 1. The smallest absolute Gasteiger partial charge is 0.407 e. The molecule has 0 bridgehead atoms. The van der Waals surface area contributed by atoms with Gasteiger partial charge in [-0.25, -0.2) is 14.6 Å². The van der Waals surface area contributed by atoms with Crippen molar-refractivity contribution in [3.05, 3.63) is 23.8 Å². The number of anilines is 1. The number of carbonyl (C=O) groups excluding carboxylic acids is 2. The van der Waals surface area contributed by atoms with Crippen LogP contribution < -0.4 is 10.2 Å². The van der Waals surface area contributed by atoms with E-state index in [1.807, 2.05) is 26.8 Å². The molecule has 1 aliphatic rings. The number of alkyl carbamates (subject to hydrolysis) is 1. The number of amides is 1. The fourth-order valence-electron chi connectivity index (χ4n) is 2.64. The molecule has 1 aromatic carbocycles. The number of aromatic nitrogens is 1. The SMILES string of the molecule is CCOC(=O)c1cccc2nc(N3CC(NC(=O)OC(C)(C)C)C3)sc12. The quantitative estimate of drug-likeness (QED) is 0.824. The minimum absolute atomic E-state index is 0.0291. The minimum atomic E-state index is -0.510. The summed E-state index contributed by atoms with van der Waals surface area (Å²) < 4.78 is 11.2. The van der Waals surface area contributed by atoms with Crippen LogP contribution in [-0.4, -0.2) is 48.4 Å². The van der Waals surface area contributed by atoms with Crippen LogP contribution in [-0.2, 0) is 9.47 Å². The number of nitrogens with zero attached hydrogens (tertiary/aromatic N) is 2. The second-order valence-corrected chi connectivity index (χ2v) is 8.10. The van der Waals surface area contributed by atoms with Crippen LogP contribution in [0.5, 0.6) is 0 Å². The standard InChI is InChI=1S/C18H23N3O4S/c1-5-24-15(22)12-7-6-8-13-14(12)26-16(20-13)21-9-11(10-21)19-17(23)25-18(2,3)4/h6-8,11H,5,9-10H2,1-4H3,(H,19,23). The lowest BCUT2D eigenvalue weighted by molar-refractivity contribution is 0.0493. The van der Waals surface area contributed by atoms with Crippen LogP contribution in [0, 0.1) is 0 Å². The fraction of sp³-hybridized carbons (Fsp3) is 0.500. The number of ether oxygens (including phenoxy) is 2. The fourth-order valence-corrected chi connectivity index (χ4v) is 3.73. The van der Waals surface area contributed by atoms with Gasteiger partial charge in [-0.1, -0.05) is 17.4 Å². The molecule has 1 aromatic heterocycles. The summed E-state index contributed by atoms with van der Waals surface area (Å²) in [5.41, 5.74) is 0.806. The van der Waals surface area contributed by atoms with Gasteiger partial charge in [0.15, 0.2) is 5.13 Å². The molecule has 3 rings (SSSR count). The summed E-state index contributed by atoms with van der Waals surface area (Å²) in [7, 11) is 0. The van der Waals surface area contributed by atoms with Crippen LogP contribution in [0.2, 0.25) is 0 Å². The van der Waals surface area contributed by atoms with Gasteiger partial charge in [-0.3, -0.25) is 0 Å². The number of benzene rings is 1. The van der Waals surface area contributed by atoms with Crippen LogP contribution >= 0.6 is 11.3 Å². The molecule has 26 heavy (non-hydrogen) atoms. The number of rotatable bonds is 4. The van der Waals surface area contributed by atoms with Gasteiger partial charge in [0.05, 0.1) is 28.4 Å². The third-order valence-electron chi connectivity index (χ3n) is 3.77. The zero-order chi connectivity index (χ0) is 18.9. The van der Waals surface area contributed by atoms with E-state index in [-0.39, 0.29) is 12.0 Å². The van der Waals surface area contributed by atoms with Gasteiger partial charge >= 0.3 is 12.1 Å². The van der Waals surface area contributed by atoms with Crippen LogP contribution in [0.3, 0.4) is 0 Å². The number of fused-ring (bicyclic) bond motifs is 1. The zero-order valence-corrected chi connectivity index (χ0v) is 16.2. The minimum Gasteiger partial charge on any atom is -0.462 e. The normalized spacial score (nSPS) is 14.8. The first kappa shape index (κ1) is 18.4. The van der Waals surface area contributed by atoms with E-state index in [1.54, 1.807) is 19.1 Å². The van der Waals surface area contributed by atoms with Gasteiger partial charge < -0.3 is 19.7 Å². The van der Waals surface area contributed by atoms with Gasteiger partial charge in [-0.15, -0.1) is 0 Å². The van der Waals surface area contributed by atoms with Gasteiger partial charge in [-0.05, 0) is 39.8 Å². The van der Waals surface area contributed by atoms with Crippen LogP contribution in [0.4, 0.5) is 9.93 Å². The maximum absolute atomic E-state index is 12.1. The second kappa shape index (κ2) is 7.11. The van der Waals surface area contributed by atoms with Gasteiger partial charge in [0.1, 0.15) is 5.60 Å². The molecular weight excluding hydrogens is 354 g/mol. The van der Waals surface area contributed by atoms with Gasteiger partial charge in [0.2, 0.25) is 0 Å². The molecule has 0 saturated carbocycles. The Morgan fingerprint density at radius 3 is 2.73 bits per heavy atom. The molecule has 0 unspecified atom stereocenters. The van der Waals surface area contributed by atoms with E-state index in [2.05, 4.69) is 15.2 Å². The average Bonchev–Trinajstić information content (AvgIpc) is 2.92. The molecule has 0 radical (unpaired) electrons. The lowest BCUT2D eigenvalue weighted by atomic mass is 10.1. The first-order valence-corrected chi connectivity index (χ1v) is 9.39. The highest BCUT2D eigenvalue weighted by molar-refractivity contribution is 7.22. The molecule has 1 amide bonds. The summed E-state index contributed by atoms with van der Waals surface area (Å²) in [6.45, 7) is 8.95. The molecule has 1 aliphatic heterocycles. The monoisotopic (exact) mass is 377 g/mol. The van der Waals surface area contributed by atoms with E-state index in [4.69, 9.17) is 9.47 Å². The Bertz CT molecular complexity index is 821. The van der Waals surface area contributed by atoms with Gasteiger partial charge in [0, 0.05) is 13.1 Å². The highest BCUT2D eigenvalue weighted by atomic mass is 32.1. The van der Waals surface area contributed by atoms with E-state index in [0.29, 0.717) is 25.3 Å². The van der Waals surface area contributed by atoms with Crippen molar-refractivity contribution in [1.29, 1.82) is 0 Å². The average molecular weight is 377 g/mol. The van der Waals surface area contributed by atoms with E-state index in [9.17, 15) is 9.59 Å². The first-order valence-electron chi connectivity index (χ1n) is 8.58. The molecule has 0 aliphatic carbocycles. The molecule has 2 aromatic rings. The molecule has 8 heteroatoms. The van der Waals surface area contributed by atoms with Gasteiger partial charge in [-0.2, -0.15) is 0 Å². The highest BCUT2D eigenvalue weighted by Crippen LogP contribution is 2.33. The van der Waals surface area contributed by atoms with Crippen molar-refractivity contribution in [3.8, 4) is 0 Å². The van der Waals surface area contributed by atoms with E-state index < -0.39 is 11.7 Å². The predicted molar refractivity (Wildman–Crippen MR) is 101 cm³/mol. The molecule has 7 nitrogen and oxygen atoms in total. The Morgan fingerprint density at radius 1 is 1.35 bits per heavy atom. The maximum atomic E-state index is 12.1. The van der Waals surface area contributed by atoms with Crippen molar-refractivity contribution in [1.82, 2.24) is 10.3 Å². The number of hydrogen-bond donors (Lipinski definition) is 1.